The van der Waals surface area contributed by atoms with Crippen LogP contribution in [-0.4, -0.2) is 17.4 Å². The van der Waals surface area contributed by atoms with Gasteiger partial charge < -0.3 is 9.52 Å². The quantitative estimate of drug-likeness (QED) is 0.920. The van der Waals surface area contributed by atoms with Crippen molar-refractivity contribution in [3.63, 3.8) is 0 Å². The molecule has 0 unspecified atom stereocenters. The molecule has 1 heterocycles. The van der Waals surface area contributed by atoms with Crippen molar-refractivity contribution in [3.8, 4) is 0 Å². The Labute approximate surface area is 98.6 Å². The smallest absolute Gasteiger partial charge is 0.478 e. The number of hydrogen-bond donors (Lipinski definition) is 1. The summed E-state index contributed by atoms with van der Waals surface area (Å²) in [6.07, 6.45) is -4.84. The van der Waals surface area contributed by atoms with Crippen LogP contribution in [0.15, 0.2) is 28.7 Å². The van der Waals surface area contributed by atoms with Gasteiger partial charge in [0.05, 0.1) is 0 Å². The topological polar surface area (TPSA) is 59.7 Å². The van der Waals surface area contributed by atoms with Gasteiger partial charge in [-0.25, -0.2) is 4.79 Å². The van der Waals surface area contributed by atoms with Crippen molar-refractivity contribution in [2.75, 3.05) is 0 Å². The highest BCUT2D eigenvalue weighted by atomic mass is 19.4. The van der Waals surface area contributed by atoms with Crippen LogP contribution in [0.5, 0.6) is 0 Å². The van der Waals surface area contributed by atoms with E-state index >= 15 is 0 Å². The fourth-order valence-electron chi connectivity index (χ4n) is 1.58. The van der Waals surface area contributed by atoms with Crippen molar-refractivity contribution in [2.24, 2.45) is 0 Å². The van der Waals surface area contributed by atoms with E-state index in [1.165, 1.54) is 12.1 Å². The number of alkyl halides is 3. The molecule has 96 valence electrons. The number of benzene rings is 1. The number of fused-ring (bicyclic) bond motifs is 1. The van der Waals surface area contributed by atoms with Gasteiger partial charge in [-0.15, -0.1) is 13.2 Å². The third-order valence-electron chi connectivity index (χ3n) is 2.25. The monoisotopic (exact) mass is 260 g/mol. The highest BCUT2D eigenvalue weighted by molar-refractivity contribution is 6.03. The van der Waals surface area contributed by atoms with Crippen molar-refractivity contribution in [1.82, 2.24) is 0 Å². The van der Waals surface area contributed by atoms with Gasteiger partial charge in [0.2, 0.25) is 0 Å². The molecule has 1 N–H and O–H groups in total. The normalized spacial score (nSPS) is 11.9. The molecule has 0 amide bonds. The average Bonchev–Trinajstić information content (AvgIpc) is 2.63. The summed E-state index contributed by atoms with van der Waals surface area (Å²) in [5.41, 5.74) is -0.106. The number of hydrogen-bond acceptors (Lipinski definition) is 3. The third-order valence-corrected chi connectivity index (χ3v) is 2.25. The number of furan rings is 1. The summed E-state index contributed by atoms with van der Waals surface area (Å²) in [7, 11) is 0. The van der Waals surface area contributed by atoms with Crippen molar-refractivity contribution >= 4 is 16.9 Å². The van der Waals surface area contributed by atoms with Gasteiger partial charge in [0, 0.05) is 5.39 Å². The zero-order chi connectivity index (χ0) is 13.3. The lowest BCUT2D eigenvalue weighted by atomic mass is 10.1. The molecular weight excluding hydrogens is 253 g/mol. The lowest BCUT2D eigenvalue weighted by Gasteiger charge is -2.05. The summed E-state index contributed by atoms with van der Waals surface area (Å²) in [6, 6.07) is 6.09. The van der Waals surface area contributed by atoms with E-state index in [0.717, 1.165) is 0 Å². The largest absolute Gasteiger partial charge is 0.522 e. The van der Waals surface area contributed by atoms with Crippen LogP contribution >= 0.6 is 0 Å². The van der Waals surface area contributed by atoms with Crippen LogP contribution in [0, 0.1) is 0 Å². The average molecular weight is 260 g/mol. The molecule has 2 rings (SSSR count). The Balaban J connectivity index is 2.43. The summed E-state index contributed by atoms with van der Waals surface area (Å²) >= 11 is 0. The summed E-state index contributed by atoms with van der Waals surface area (Å²) < 4.78 is 44.4. The lowest BCUT2D eigenvalue weighted by molar-refractivity contribution is -0.331. The van der Waals surface area contributed by atoms with Gasteiger partial charge in [-0.3, -0.25) is 4.74 Å². The first-order valence-corrected chi connectivity index (χ1v) is 4.83. The third kappa shape index (κ3) is 2.45. The molecule has 1 aromatic heterocycles. The van der Waals surface area contributed by atoms with Crippen LogP contribution in [0.2, 0.25) is 0 Å². The molecule has 4 nitrogen and oxygen atoms in total. The molecule has 0 spiro atoms. The Morgan fingerprint density at radius 2 is 2.00 bits per heavy atom. The fourth-order valence-corrected chi connectivity index (χ4v) is 1.58. The van der Waals surface area contributed by atoms with E-state index in [1.54, 1.807) is 12.1 Å². The van der Waals surface area contributed by atoms with E-state index in [9.17, 15) is 18.0 Å². The van der Waals surface area contributed by atoms with Gasteiger partial charge in [-0.05, 0) is 6.07 Å². The van der Waals surface area contributed by atoms with Crippen LogP contribution in [0.3, 0.4) is 0 Å². The second-order valence-electron chi connectivity index (χ2n) is 3.44. The molecule has 0 fully saturated rings. The lowest BCUT2D eigenvalue weighted by Crippen LogP contribution is -2.13. The minimum atomic E-state index is -4.84. The van der Waals surface area contributed by atoms with Crippen LogP contribution in [0.4, 0.5) is 13.2 Å². The molecule has 0 atom stereocenters. The Hall–Kier alpha value is -2.02. The predicted molar refractivity (Wildman–Crippen MR) is 54.0 cm³/mol. The Kier molecular flexibility index (Phi) is 3.00. The summed E-state index contributed by atoms with van der Waals surface area (Å²) in [5.74, 6) is -1.72. The predicted octanol–water partition coefficient (Wildman–Crippen LogP) is 3.17. The van der Waals surface area contributed by atoms with Gasteiger partial charge in [-0.2, -0.15) is 0 Å². The molecule has 0 aliphatic heterocycles. The van der Waals surface area contributed by atoms with E-state index in [1.807, 2.05) is 0 Å². The molecule has 7 heteroatoms. The molecule has 0 aliphatic carbocycles. The molecule has 2 aromatic rings. The summed E-state index contributed by atoms with van der Waals surface area (Å²) in [4.78, 5) is 11.0. The number of carboxylic acid groups (broad SMARTS) is 1. The van der Waals surface area contributed by atoms with E-state index in [-0.39, 0.29) is 22.3 Å². The second-order valence-corrected chi connectivity index (χ2v) is 3.44. The number of ether oxygens (including phenoxy) is 1. The van der Waals surface area contributed by atoms with E-state index in [0.29, 0.717) is 0 Å². The second kappa shape index (κ2) is 4.34. The van der Waals surface area contributed by atoms with Crippen molar-refractivity contribution < 1.29 is 32.2 Å². The number of aromatic carboxylic acids is 1. The summed E-state index contributed by atoms with van der Waals surface area (Å²) in [6.45, 7) is -0.972. The number of carboxylic acids is 1. The minimum absolute atomic E-state index is 0.204. The maximum Gasteiger partial charge on any atom is 0.522 e. The molecule has 0 saturated heterocycles. The number of para-hydroxylation sites is 1. The SMILES string of the molecule is O=C(O)c1c(COC(F)(F)F)oc2ccccc12. The van der Waals surface area contributed by atoms with Gasteiger partial charge in [-0.1, -0.05) is 18.2 Å². The van der Waals surface area contributed by atoms with Crippen LogP contribution in [0.25, 0.3) is 11.0 Å². The van der Waals surface area contributed by atoms with Gasteiger partial charge in [0.25, 0.3) is 0 Å². The van der Waals surface area contributed by atoms with E-state index in [2.05, 4.69) is 4.74 Å². The standard InChI is InChI=1S/C11H7F3O4/c12-11(13,14)17-5-8-9(10(15)16)6-3-1-2-4-7(6)18-8/h1-4H,5H2,(H,15,16). The first kappa shape index (κ1) is 12.4. The number of halogens is 3. The van der Waals surface area contributed by atoms with Crippen LogP contribution in [-0.2, 0) is 11.3 Å². The first-order chi connectivity index (χ1) is 8.38. The Bertz CT molecular complexity index is 585. The van der Waals surface area contributed by atoms with Crippen molar-refractivity contribution in [1.29, 1.82) is 0 Å². The molecular formula is C11H7F3O4. The highest BCUT2D eigenvalue weighted by Crippen LogP contribution is 2.28. The number of carbonyl (C=O) groups is 1. The minimum Gasteiger partial charge on any atom is -0.478 e. The van der Waals surface area contributed by atoms with E-state index in [4.69, 9.17) is 9.52 Å². The molecule has 1 aromatic carbocycles. The van der Waals surface area contributed by atoms with Crippen LogP contribution < -0.4 is 0 Å². The number of rotatable bonds is 3. The Morgan fingerprint density at radius 1 is 1.33 bits per heavy atom. The van der Waals surface area contributed by atoms with Gasteiger partial charge >= 0.3 is 12.3 Å². The zero-order valence-electron chi connectivity index (χ0n) is 8.82. The molecule has 18 heavy (non-hydrogen) atoms. The van der Waals surface area contributed by atoms with Crippen molar-refractivity contribution in [2.45, 2.75) is 13.0 Å². The fraction of sp³-hybridized carbons (Fsp3) is 0.182. The molecule has 0 radical (unpaired) electrons. The molecule has 0 bridgehead atoms. The zero-order valence-corrected chi connectivity index (χ0v) is 8.82. The molecule has 0 saturated carbocycles. The maximum absolute atomic E-state index is 11.9. The maximum atomic E-state index is 11.9. The highest BCUT2D eigenvalue weighted by Gasteiger charge is 2.31. The van der Waals surface area contributed by atoms with Gasteiger partial charge in [0.15, 0.2) is 0 Å². The van der Waals surface area contributed by atoms with Crippen LogP contribution in [0.1, 0.15) is 16.1 Å². The first-order valence-electron chi connectivity index (χ1n) is 4.83. The van der Waals surface area contributed by atoms with Crippen molar-refractivity contribution in [3.05, 3.63) is 35.6 Å². The van der Waals surface area contributed by atoms with Gasteiger partial charge in [0.1, 0.15) is 23.5 Å². The molecule has 0 aliphatic rings. The van der Waals surface area contributed by atoms with E-state index < -0.39 is 18.9 Å². The Morgan fingerprint density at radius 3 is 2.61 bits per heavy atom. The summed E-state index contributed by atoms with van der Waals surface area (Å²) in [5, 5.41) is 9.23.